The van der Waals surface area contributed by atoms with Gasteiger partial charge in [-0.2, -0.15) is 0 Å². The molecule has 0 bridgehead atoms. The molecule has 0 fully saturated rings. The largest absolute Gasteiger partial charge is 0.309 e. The predicted molar refractivity (Wildman–Crippen MR) is 184 cm³/mol. The van der Waals surface area contributed by atoms with E-state index in [0.29, 0.717) is 0 Å². The average molecular weight is 565 g/mol. The van der Waals surface area contributed by atoms with Crippen LogP contribution in [0, 0.1) is 0 Å². The molecule has 0 saturated heterocycles. The molecule has 10 rings (SSSR count). The van der Waals surface area contributed by atoms with E-state index in [1.54, 1.807) is 0 Å². The van der Waals surface area contributed by atoms with Crippen LogP contribution in [0.1, 0.15) is 0 Å². The molecule has 0 spiro atoms. The van der Waals surface area contributed by atoms with Gasteiger partial charge in [-0.15, -0.1) is 11.3 Å². The monoisotopic (exact) mass is 564 g/mol. The van der Waals surface area contributed by atoms with Crippen molar-refractivity contribution in [1.29, 1.82) is 0 Å². The summed E-state index contributed by atoms with van der Waals surface area (Å²) in [5, 5.41) is 8.74. The second-order valence-corrected chi connectivity index (χ2v) is 12.3. The number of fused-ring (bicyclic) bond motifs is 9. The molecule has 6 aromatic carbocycles. The van der Waals surface area contributed by atoms with Gasteiger partial charge in [0.05, 0.1) is 32.3 Å². The van der Waals surface area contributed by atoms with E-state index in [-0.39, 0.29) is 0 Å². The summed E-state index contributed by atoms with van der Waals surface area (Å²) >= 11 is 1.84. The van der Waals surface area contributed by atoms with Crippen LogP contribution >= 0.6 is 11.3 Å². The minimum atomic E-state index is 1.17. The maximum absolute atomic E-state index is 2.45. The molecule has 0 aliphatic heterocycles. The number of rotatable bonds is 3. The average Bonchev–Trinajstić information content (AvgIpc) is 3.82. The van der Waals surface area contributed by atoms with Gasteiger partial charge in [-0.1, -0.05) is 84.9 Å². The zero-order chi connectivity index (χ0) is 28.1. The lowest BCUT2D eigenvalue weighted by molar-refractivity contribution is 1.18. The van der Waals surface area contributed by atoms with Gasteiger partial charge < -0.3 is 8.97 Å². The Morgan fingerprint density at radius 2 is 1.07 bits per heavy atom. The molecule has 4 aromatic heterocycles. The molecule has 200 valence electrons. The second kappa shape index (κ2) is 8.57. The highest BCUT2D eigenvalue weighted by atomic mass is 32.1. The number of para-hydroxylation sites is 2. The third-order valence-electron chi connectivity index (χ3n) is 9.12. The predicted octanol–water partition coefficient (Wildman–Crippen LogP) is 11.3. The quantitative estimate of drug-likeness (QED) is 0.202. The van der Waals surface area contributed by atoms with Gasteiger partial charge >= 0.3 is 0 Å². The number of nitrogens with zero attached hydrogens (tertiary/aromatic N) is 2. The van der Waals surface area contributed by atoms with E-state index < -0.39 is 0 Å². The second-order valence-electron chi connectivity index (χ2n) is 11.4. The molecule has 43 heavy (non-hydrogen) atoms. The lowest BCUT2D eigenvalue weighted by Crippen LogP contribution is -1.94. The van der Waals surface area contributed by atoms with E-state index in [9.17, 15) is 0 Å². The van der Waals surface area contributed by atoms with Gasteiger partial charge in [-0.25, -0.2) is 0 Å². The molecule has 10 aromatic rings. The Labute approximate surface area is 251 Å². The third-order valence-corrected chi connectivity index (χ3v) is 10.1. The van der Waals surface area contributed by atoms with E-state index in [0.717, 1.165) is 0 Å². The van der Waals surface area contributed by atoms with Crippen molar-refractivity contribution in [2.45, 2.75) is 0 Å². The third kappa shape index (κ3) is 3.17. The van der Waals surface area contributed by atoms with Crippen LogP contribution in [0.4, 0.5) is 0 Å². The maximum Gasteiger partial charge on any atom is 0.0649 e. The first-order valence-corrected chi connectivity index (χ1v) is 15.6. The molecule has 0 aliphatic rings. The zero-order valence-electron chi connectivity index (χ0n) is 23.2. The van der Waals surface area contributed by atoms with Crippen molar-refractivity contribution in [3.05, 3.63) is 145 Å². The number of aromatic nitrogens is 2. The summed E-state index contributed by atoms with van der Waals surface area (Å²) in [6.45, 7) is 0. The lowest BCUT2D eigenvalue weighted by atomic mass is 9.99. The SMILES string of the molecule is c1ccc(-c2cccc(-n3c4ccccc4c4cc(-c5cc6c7ccccc7n7c8ccsc8c(c5)c67)ccc43)c2)cc1. The fraction of sp³-hybridized carbons (Fsp3) is 0. The summed E-state index contributed by atoms with van der Waals surface area (Å²) in [4.78, 5) is 0. The van der Waals surface area contributed by atoms with Crippen molar-refractivity contribution in [3.63, 3.8) is 0 Å². The zero-order valence-corrected chi connectivity index (χ0v) is 24.0. The van der Waals surface area contributed by atoms with Crippen molar-refractivity contribution in [1.82, 2.24) is 8.97 Å². The Morgan fingerprint density at radius 3 is 1.95 bits per heavy atom. The van der Waals surface area contributed by atoms with Gasteiger partial charge in [0.25, 0.3) is 0 Å². The van der Waals surface area contributed by atoms with E-state index in [4.69, 9.17) is 0 Å². The molecule has 0 amide bonds. The Morgan fingerprint density at radius 1 is 0.395 bits per heavy atom. The fourth-order valence-electron chi connectivity index (χ4n) is 7.25. The first kappa shape index (κ1) is 23.2. The molecule has 0 aliphatic carbocycles. The van der Waals surface area contributed by atoms with Crippen LogP contribution in [0.2, 0.25) is 0 Å². The summed E-state index contributed by atoms with van der Waals surface area (Å²) in [6.07, 6.45) is 0. The normalized spacial score (nSPS) is 12.2. The summed E-state index contributed by atoms with van der Waals surface area (Å²) in [5.74, 6) is 0. The van der Waals surface area contributed by atoms with Crippen molar-refractivity contribution >= 4 is 70.6 Å². The van der Waals surface area contributed by atoms with Gasteiger partial charge in [0.15, 0.2) is 0 Å². The van der Waals surface area contributed by atoms with Crippen LogP contribution in [0.15, 0.2) is 145 Å². The molecule has 4 heterocycles. The molecular formula is C40H24N2S. The van der Waals surface area contributed by atoms with Crippen LogP contribution in [-0.2, 0) is 0 Å². The number of hydrogen-bond acceptors (Lipinski definition) is 1. The molecule has 3 heteroatoms. The first-order chi connectivity index (χ1) is 21.3. The molecular weight excluding hydrogens is 541 g/mol. The molecule has 0 atom stereocenters. The Hall–Kier alpha value is -5.38. The van der Waals surface area contributed by atoms with Gasteiger partial charge in [0, 0.05) is 32.6 Å². The Bertz CT molecular complexity index is 2670. The van der Waals surface area contributed by atoms with Crippen molar-refractivity contribution in [2.75, 3.05) is 0 Å². The summed E-state index contributed by atoms with van der Waals surface area (Å²) in [5.41, 5.74) is 12.5. The van der Waals surface area contributed by atoms with Gasteiger partial charge in [-0.3, -0.25) is 0 Å². The number of hydrogen-bond donors (Lipinski definition) is 0. The van der Waals surface area contributed by atoms with Crippen LogP contribution in [0.3, 0.4) is 0 Å². The van der Waals surface area contributed by atoms with Crippen LogP contribution < -0.4 is 0 Å². The van der Waals surface area contributed by atoms with E-state index >= 15 is 0 Å². The summed E-state index contributed by atoms with van der Waals surface area (Å²) in [6, 6.07) is 51.2. The Balaban J connectivity index is 1.22. The van der Waals surface area contributed by atoms with Crippen molar-refractivity contribution in [3.8, 4) is 27.9 Å². The minimum absolute atomic E-state index is 1.17. The highest BCUT2D eigenvalue weighted by Gasteiger charge is 2.20. The molecule has 0 N–H and O–H groups in total. The lowest BCUT2D eigenvalue weighted by Gasteiger charge is -2.11. The highest BCUT2D eigenvalue weighted by molar-refractivity contribution is 7.18. The van der Waals surface area contributed by atoms with E-state index in [2.05, 4.69) is 154 Å². The molecule has 2 nitrogen and oxygen atoms in total. The summed E-state index contributed by atoms with van der Waals surface area (Å²) in [7, 11) is 0. The van der Waals surface area contributed by atoms with Crippen molar-refractivity contribution < 1.29 is 0 Å². The minimum Gasteiger partial charge on any atom is -0.309 e. The van der Waals surface area contributed by atoms with E-state index in [1.165, 1.54) is 87.2 Å². The Kier molecular flexibility index (Phi) is 4.63. The smallest absolute Gasteiger partial charge is 0.0649 e. The molecule has 0 saturated carbocycles. The standard InChI is InChI=1S/C40H24N2S/c1-2-9-25(10-3-1)26-11-8-12-29(21-26)41-35-15-6-4-13-30(35)32-22-27(17-18-37(32)41)28-23-33-31-14-5-7-16-36(31)42-38-19-20-43-40(38)34(24-28)39(33)42/h1-24H. The highest BCUT2D eigenvalue weighted by Crippen LogP contribution is 2.44. The van der Waals surface area contributed by atoms with Crippen LogP contribution in [-0.4, -0.2) is 8.97 Å². The molecule has 0 radical (unpaired) electrons. The van der Waals surface area contributed by atoms with Gasteiger partial charge in [-0.05, 0) is 82.2 Å². The summed E-state index contributed by atoms with van der Waals surface area (Å²) < 4.78 is 6.23. The van der Waals surface area contributed by atoms with E-state index in [1.807, 2.05) is 11.3 Å². The van der Waals surface area contributed by atoms with Crippen molar-refractivity contribution in [2.24, 2.45) is 0 Å². The number of thiophene rings is 1. The van der Waals surface area contributed by atoms with Crippen LogP contribution in [0.25, 0.3) is 87.2 Å². The van der Waals surface area contributed by atoms with Crippen LogP contribution in [0.5, 0.6) is 0 Å². The fourth-order valence-corrected chi connectivity index (χ4v) is 8.15. The number of benzene rings is 6. The van der Waals surface area contributed by atoms with Gasteiger partial charge in [0.1, 0.15) is 0 Å². The first-order valence-electron chi connectivity index (χ1n) is 14.7. The van der Waals surface area contributed by atoms with Gasteiger partial charge in [0.2, 0.25) is 0 Å². The topological polar surface area (TPSA) is 9.34 Å². The molecule has 0 unspecified atom stereocenters. The maximum atomic E-state index is 2.45.